The Morgan fingerprint density at radius 3 is 2.78 bits per heavy atom. The molecule has 3 rings (SSSR count). The van der Waals surface area contributed by atoms with Gasteiger partial charge < -0.3 is 10.2 Å². The minimum Gasteiger partial charge on any atom is -0.341 e. The second-order valence-electron chi connectivity index (χ2n) is 5.46. The summed E-state index contributed by atoms with van der Waals surface area (Å²) in [5.41, 5.74) is 1.31. The second kappa shape index (κ2) is 4.73. The quantitative estimate of drug-likeness (QED) is 0.876. The van der Waals surface area contributed by atoms with E-state index in [1.165, 1.54) is 5.56 Å². The Morgan fingerprint density at radius 2 is 2.11 bits per heavy atom. The molecule has 0 bridgehead atoms. The van der Waals surface area contributed by atoms with E-state index in [1.54, 1.807) is 0 Å². The maximum Gasteiger partial charge on any atom is 0.226 e. The summed E-state index contributed by atoms with van der Waals surface area (Å²) < 4.78 is 0. The zero-order chi connectivity index (χ0) is 12.5. The predicted molar refractivity (Wildman–Crippen MR) is 71.3 cm³/mol. The van der Waals surface area contributed by atoms with Crippen LogP contribution in [0.25, 0.3) is 0 Å². The number of benzene rings is 1. The topological polar surface area (TPSA) is 32.3 Å². The fraction of sp³-hybridized carbons (Fsp3) is 0.533. The van der Waals surface area contributed by atoms with Gasteiger partial charge in [0.05, 0.1) is 0 Å². The molecule has 3 unspecified atom stereocenters. The molecule has 0 aromatic heterocycles. The summed E-state index contributed by atoms with van der Waals surface area (Å²) in [5, 5.41) is 3.32. The zero-order valence-corrected chi connectivity index (χ0v) is 10.8. The van der Waals surface area contributed by atoms with E-state index in [0.717, 1.165) is 25.9 Å². The molecular formula is C15H20N2O. The maximum atomic E-state index is 12.4. The van der Waals surface area contributed by atoms with Crippen LogP contribution in [-0.2, 0) is 4.79 Å². The number of nitrogens with one attached hydrogen (secondary N) is 1. The molecule has 3 atom stereocenters. The Hall–Kier alpha value is -1.35. The minimum absolute atomic E-state index is 0.220. The van der Waals surface area contributed by atoms with Crippen molar-refractivity contribution < 1.29 is 4.79 Å². The minimum atomic E-state index is 0.220. The van der Waals surface area contributed by atoms with E-state index in [2.05, 4.69) is 29.6 Å². The molecule has 1 amide bonds. The largest absolute Gasteiger partial charge is 0.341 e. The van der Waals surface area contributed by atoms with Crippen LogP contribution >= 0.6 is 0 Å². The molecule has 1 aliphatic heterocycles. The molecule has 18 heavy (non-hydrogen) atoms. The van der Waals surface area contributed by atoms with E-state index in [4.69, 9.17) is 0 Å². The van der Waals surface area contributed by atoms with Gasteiger partial charge in [0.15, 0.2) is 0 Å². The number of rotatable bonds is 3. The number of amides is 1. The average molecular weight is 244 g/mol. The van der Waals surface area contributed by atoms with E-state index >= 15 is 0 Å². The molecule has 1 aromatic carbocycles. The molecule has 0 spiro atoms. The molecule has 0 radical (unpaired) electrons. The van der Waals surface area contributed by atoms with E-state index in [0.29, 0.717) is 17.9 Å². The Labute approximate surface area is 108 Å². The Bertz CT molecular complexity index is 425. The fourth-order valence-electron chi connectivity index (χ4n) is 2.95. The lowest BCUT2D eigenvalue weighted by Crippen LogP contribution is -2.39. The lowest BCUT2D eigenvalue weighted by atomic mass is 10.1. The number of carbonyl (C=O) groups excluding carboxylic acids is 1. The third-order valence-corrected chi connectivity index (χ3v) is 4.27. The summed E-state index contributed by atoms with van der Waals surface area (Å²) in [6.07, 6.45) is 2.11. The van der Waals surface area contributed by atoms with E-state index in [-0.39, 0.29) is 5.92 Å². The lowest BCUT2D eigenvalue weighted by molar-refractivity contribution is -0.133. The average Bonchev–Trinajstić information content (AvgIpc) is 3.03. The highest BCUT2D eigenvalue weighted by Gasteiger charge is 2.46. The van der Waals surface area contributed by atoms with Crippen molar-refractivity contribution in [3.05, 3.63) is 35.9 Å². The first-order valence-corrected chi connectivity index (χ1v) is 6.79. The van der Waals surface area contributed by atoms with Crippen LogP contribution in [-0.4, -0.2) is 37.0 Å². The summed E-state index contributed by atoms with van der Waals surface area (Å²) >= 11 is 0. The molecule has 1 aliphatic carbocycles. The molecule has 2 aliphatic rings. The zero-order valence-electron chi connectivity index (χ0n) is 10.8. The van der Waals surface area contributed by atoms with Gasteiger partial charge in [0.2, 0.25) is 5.91 Å². The van der Waals surface area contributed by atoms with Crippen molar-refractivity contribution in [1.82, 2.24) is 10.2 Å². The molecule has 1 saturated heterocycles. The van der Waals surface area contributed by atoms with Crippen molar-refractivity contribution in [3.63, 3.8) is 0 Å². The highest BCUT2D eigenvalue weighted by molar-refractivity contribution is 5.83. The summed E-state index contributed by atoms with van der Waals surface area (Å²) in [6, 6.07) is 10.8. The number of hydrogen-bond acceptors (Lipinski definition) is 2. The molecule has 96 valence electrons. The molecule has 2 fully saturated rings. The monoisotopic (exact) mass is 244 g/mol. The number of hydrogen-bond donors (Lipinski definition) is 1. The summed E-state index contributed by atoms with van der Waals surface area (Å²) in [6.45, 7) is 1.99. The van der Waals surface area contributed by atoms with Crippen LogP contribution in [0.15, 0.2) is 30.3 Å². The van der Waals surface area contributed by atoms with Crippen molar-refractivity contribution in [2.45, 2.75) is 24.8 Å². The van der Waals surface area contributed by atoms with E-state index < -0.39 is 0 Å². The molecule has 1 aromatic rings. The van der Waals surface area contributed by atoms with Crippen molar-refractivity contribution in [2.24, 2.45) is 5.92 Å². The fourth-order valence-corrected chi connectivity index (χ4v) is 2.95. The normalized spacial score (nSPS) is 30.2. The molecular weight excluding hydrogens is 224 g/mol. The van der Waals surface area contributed by atoms with Crippen LogP contribution in [0.5, 0.6) is 0 Å². The van der Waals surface area contributed by atoms with Crippen LogP contribution in [0.4, 0.5) is 0 Å². The third kappa shape index (κ3) is 2.15. The molecule has 1 N–H and O–H groups in total. The summed E-state index contributed by atoms with van der Waals surface area (Å²) in [7, 11) is 1.96. The third-order valence-electron chi connectivity index (χ3n) is 4.27. The van der Waals surface area contributed by atoms with Gasteiger partial charge in [-0.25, -0.2) is 0 Å². The predicted octanol–water partition coefficient (Wildman–Crippen LogP) is 1.61. The maximum absolute atomic E-state index is 12.4. The van der Waals surface area contributed by atoms with Crippen molar-refractivity contribution in [2.75, 3.05) is 20.1 Å². The van der Waals surface area contributed by atoms with Gasteiger partial charge in [-0.3, -0.25) is 4.79 Å². The van der Waals surface area contributed by atoms with Gasteiger partial charge in [-0.15, -0.1) is 0 Å². The molecule has 1 saturated carbocycles. The van der Waals surface area contributed by atoms with Crippen LogP contribution in [0.1, 0.15) is 24.3 Å². The highest BCUT2D eigenvalue weighted by Crippen LogP contribution is 2.48. The first kappa shape index (κ1) is 11.7. The number of likely N-dealkylation sites (N-methyl/N-ethyl adjacent to an activating group) is 1. The van der Waals surface area contributed by atoms with Crippen LogP contribution in [0.3, 0.4) is 0 Å². The summed E-state index contributed by atoms with van der Waals surface area (Å²) in [4.78, 5) is 14.3. The molecule has 3 heteroatoms. The van der Waals surface area contributed by atoms with Crippen molar-refractivity contribution >= 4 is 5.91 Å². The Morgan fingerprint density at radius 1 is 1.33 bits per heavy atom. The first-order valence-electron chi connectivity index (χ1n) is 6.79. The number of nitrogens with zero attached hydrogens (tertiary/aromatic N) is 1. The van der Waals surface area contributed by atoms with Gasteiger partial charge in [0, 0.05) is 25.6 Å². The standard InChI is InChI=1S/C15H20N2O/c1-17(12-7-8-16-10-12)15(18)14-9-13(14)11-5-3-2-4-6-11/h2-6,12-14,16H,7-10H2,1H3. The van der Waals surface area contributed by atoms with Crippen molar-refractivity contribution in [3.8, 4) is 0 Å². The lowest BCUT2D eigenvalue weighted by Gasteiger charge is -2.24. The van der Waals surface area contributed by atoms with Gasteiger partial charge in [-0.1, -0.05) is 30.3 Å². The van der Waals surface area contributed by atoms with Crippen LogP contribution in [0.2, 0.25) is 0 Å². The smallest absolute Gasteiger partial charge is 0.226 e. The Balaban J connectivity index is 1.62. The van der Waals surface area contributed by atoms with E-state index in [1.807, 2.05) is 18.0 Å². The van der Waals surface area contributed by atoms with Gasteiger partial charge in [-0.2, -0.15) is 0 Å². The highest BCUT2D eigenvalue weighted by atomic mass is 16.2. The first-order chi connectivity index (χ1) is 8.77. The van der Waals surface area contributed by atoms with Gasteiger partial charge in [0.1, 0.15) is 0 Å². The SMILES string of the molecule is CN(C(=O)C1CC1c1ccccc1)C1CCNC1. The Kier molecular flexibility index (Phi) is 3.08. The van der Waals surface area contributed by atoms with Crippen LogP contribution < -0.4 is 5.32 Å². The van der Waals surface area contributed by atoms with Gasteiger partial charge in [0.25, 0.3) is 0 Å². The number of carbonyl (C=O) groups is 1. The second-order valence-corrected chi connectivity index (χ2v) is 5.46. The summed E-state index contributed by atoms with van der Waals surface area (Å²) in [5.74, 6) is 1.01. The van der Waals surface area contributed by atoms with Crippen molar-refractivity contribution in [1.29, 1.82) is 0 Å². The molecule has 1 heterocycles. The van der Waals surface area contributed by atoms with Gasteiger partial charge >= 0.3 is 0 Å². The van der Waals surface area contributed by atoms with E-state index in [9.17, 15) is 4.79 Å². The van der Waals surface area contributed by atoms with Gasteiger partial charge in [-0.05, 0) is 30.9 Å². The van der Waals surface area contributed by atoms with Crippen LogP contribution in [0, 0.1) is 5.92 Å². The molecule has 3 nitrogen and oxygen atoms in total.